The quantitative estimate of drug-likeness (QED) is 0.315. The first kappa shape index (κ1) is 21.0. The molecule has 3 heterocycles. The molecule has 0 unspecified atom stereocenters. The van der Waals surface area contributed by atoms with Crippen LogP contribution in [0.3, 0.4) is 0 Å². The molecule has 0 saturated carbocycles. The van der Waals surface area contributed by atoms with E-state index in [0.29, 0.717) is 0 Å². The molecule has 0 N–H and O–H groups in total. The third-order valence-corrected chi connectivity index (χ3v) is 7.20. The molecular weight excluding hydrogens is 440 g/mol. The Labute approximate surface area is 202 Å². The Balaban J connectivity index is 1.59. The van der Waals surface area contributed by atoms with Gasteiger partial charge in [0, 0.05) is 29.6 Å². The van der Waals surface area contributed by atoms with E-state index in [1.54, 1.807) is 11.3 Å². The van der Waals surface area contributed by atoms with Gasteiger partial charge >= 0.3 is 0 Å². The first-order chi connectivity index (χ1) is 16.8. The second kappa shape index (κ2) is 8.97. The van der Waals surface area contributed by atoms with E-state index in [9.17, 15) is 0 Å². The number of thiazole rings is 1. The first-order valence-corrected chi connectivity index (χ1v) is 12.3. The SMILES string of the molecule is Cc1ccc(-c2nc(N3CCOCC3)sc2-c2nc(-c3ccccc3)nc3ccccc23)cc1. The van der Waals surface area contributed by atoms with Gasteiger partial charge < -0.3 is 9.64 Å². The average molecular weight is 465 g/mol. The molecule has 0 radical (unpaired) electrons. The predicted molar refractivity (Wildman–Crippen MR) is 139 cm³/mol. The minimum absolute atomic E-state index is 0.726. The molecule has 5 nitrogen and oxygen atoms in total. The number of hydrogen-bond acceptors (Lipinski definition) is 6. The van der Waals surface area contributed by atoms with Crippen LogP contribution in [0, 0.1) is 6.92 Å². The normalized spacial score (nSPS) is 14.0. The van der Waals surface area contributed by atoms with Gasteiger partial charge in [0.05, 0.1) is 35.0 Å². The maximum absolute atomic E-state index is 5.58. The molecule has 1 saturated heterocycles. The summed E-state index contributed by atoms with van der Waals surface area (Å²) in [6.07, 6.45) is 0. The monoisotopic (exact) mass is 464 g/mol. The third-order valence-electron chi connectivity index (χ3n) is 6.07. The molecule has 0 amide bonds. The molecule has 6 rings (SSSR count). The van der Waals surface area contributed by atoms with E-state index in [4.69, 9.17) is 19.7 Å². The Hall–Kier alpha value is -3.61. The molecule has 3 aromatic carbocycles. The van der Waals surface area contributed by atoms with E-state index in [-0.39, 0.29) is 0 Å². The molecule has 1 fully saturated rings. The molecule has 168 valence electrons. The lowest BCUT2D eigenvalue weighted by atomic mass is 10.1. The van der Waals surface area contributed by atoms with Gasteiger partial charge in [-0.2, -0.15) is 0 Å². The smallest absolute Gasteiger partial charge is 0.186 e. The Morgan fingerprint density at radius 3 is 2.26 bits per heavy atom. The summed E-state index contributed by atoms with van der Waals surface area (Å²) in [5, 5.41) is 2.05. The lowest BCUT2D eigenvalue weighted by Crippen LogP contribution is -2.36. The molecule has 0 bridgehead atoms. The molecular formula is C28H24N4OS. The number of aryl methyl sites for hydroxylation is 1. The second-order valence-electron chi connectivity index (χ2n) is 8.42. The lowest BCUT2D eigenvalue weighted by molar-refractivity contribution is 0.122. The average Bonchev–Trinajstić information content (AvgIpc) is 3.35. The number of rotatable bonds is 4. The van der Waals surface area contributed by atoms with Gasteiger partial charge in [0.2, 0.25) is 0 Å². The minimum atomic E-state index is 0.726. The molecule has 6 heteroatoms. The van der Waals surface area contributed by atoms with Crippen molar-refractivity contribution in [1.82, 2.24) is 15.0 Å². The van der Waals surface area contributed by atoms with Gasteiger partial charge in [0.15, 0.2) is 11.0 Å². The number of anilines is 1. The Morgan fingerprint density at radius 2 is 1.47 bits per heavy atom. The number of fused-ring (bicyclic) bond motifs is 1. The van der Waals surface area contributed by atoms with Crippen LogP contribution in [0.25, 0.3) is 44.1 Å². The van der Waals surface area contributed by atoms with Crippen LogP contribution in [0.5, 0.6) is 0 Å². The van der Waals surface area contributed by atoms with E-state index in [2.05, 4.69) is 60.4 Å². The molecule has 0 spiro atoms. The standard InChI is InChI=1S/C28H24N4OS/c1-19-11-13-20(14-12-19)24-26(34-28(31-24)32-15-17-33-18-16-32)25-22-9-5-6-10-23(22)29-27(30-25)21-7-3-2-4-8-21/h2-14H,15-18H2,1H3. The maximum atomic E-state index is 5.58. The van der Waals surface area contributed by atoms with Crippen molar-refractivity contribution >= 4 is 27.4 Å². The van der Waals surface area contributed by atoms with Crippen LogP contribution in [0.4, 0.5) is 5.13 Å². The summed E-state index contributed by atoms with van der Waals surface area (Å²) >= 11 is 1.71. The summed E-state index contributed by atoms with van der Waals surface area (Å²) in [6.45, 7) is 5.25. The highest BCUT2D eigenvalue weighted by molar-refractivity contribution is 7.19. The fourth-order valence-corrected chi connectivity index (χ4v) is 5.38. The van der Waals surface area contributed by atoms with E-state index < -0.39 is 0 Å². The highest BCUT2D eigenvalue weighted by atomic mass is 32.1. The molecule has 2 aromatic heterocycles. The van der Waals surface area contributed by atoms with Crippen LogP contribution in [-0.4, -0.2) is 41.3 Å². The van der Waals surface area contributed by atoms with Crippen molar-refractivity contribution in [3.05, 3.63) is 84.4 Å². The second-order valence-corrected chi connectivity index (χ2v) is 9.40. The third kappa shape index (κ3) is 3.95. The van der Waals surface area contributed by atoms with Crippen molar-refractivity contribution < 1.29 is 4.74 Å². The zero-order chi connectivity index (χ0) is 22.9. The van der Waals surface area contributed by atoms with Gasteiger partial charge in [-0.3, -0.25) is 0 Å². The molecule has 1 aliphatic heterocycles. The van der Waals surface area contributed by atoms with Crippen molar-refractivity contribution in [2.45, 2.75) is 6.92 Å². The largest absolute Gasteiger partial charge is 0.378 e. The van der Waals surface area contributed by atoms with E-state index in [0.717, 1.165) is 75.6 Å². The van der Waals surface area contributed by atoms with Crippen molar-refractivity contribution in [1.29, 1.82) is 0 Å². The number of morpholine rings is 1. The molecule has 0 atom stereocenters. The van der Waals surface area contributed by atoms with Crippen LogP contribution < -0.4 is 4.90 Å². The van der Waals surface area contributed by atoms with E-state index in [1.165, 1.54) is 5.56 Å². The summed E-state index contributed by atoms with van der Waals surface area (Å²) in [7, 11) is 0. The van der Waals surface area contributed by atoms with Crippen LogP contribution in [0.2, 0.25) is 0 Å². The summed E-state index contributed by atoms with van der Waals surface area (Å²) in [5.41, 5.74) is 6.16. The number of para-hydroxylation sites is 1. The highest BCUT2D eigenvalue weighted by Crippen LogP contribution is 2.42. The van der Waals surface area contributed by atoms with E-state index in [1.807, 2.05) is 30.3 Å². The van der Waals surface area contributed by atoms with Crippen molar-refractivity contribution in [3.8, 4) is 33.2 Å². The summed E-state index contributed by atoms with van der Waals surface area (Å²) in [4.78, 5) is 18.5. The lowest BCUT2D eigenvalue weighted by Gasteiger charge is -2.26. The van der Waals surface area contributed by atoms with Crippen molar-refractivity contribution in [3.63, 3.8) is 0 Å². The molecule has 0 aliphatic carbocycles. The van der Waals surface area contributed by atoms with Crippen LogP contribution >= 0.6 is 11.3 Å². The predicted octanol–water partition coefficient (Wildman–Crippen LogP) is 6.23. The molecule has 5 aromatic rings. The highest BCUT2D eigenvalue weighted by Gasteiger charge is 2.23. The van der Waals surface area contributed by atoms with Crippen molar-refractivity contribution in [2.24, 2.45) is 0 Å². The fourth-order valence-electron chi connectivity index (χ4n) is 4.23. The Kier molecular flexibility index (Phi) is 5.53. The van der Waals surface area contributed by atoms with Gasteiger partial charge in [-0.05, 0) is 13.0 Å². The van der Waals surface area contributed by atoms with Gasteiger partial charge in [-0.15, -0.1) is 0 Å². The van der Waals surface area contributed by atoms with Gasteiger partial charge in [0.25, 0.3) is 0 Å². The number of nitrogens with zero attached hydrogens (tertiary/aromatic N) is 4. The van der Waals surface area contributed by atoms with Crippen LogP contribution in [-0.2, 0) is 4.74 Å². The van der Waals surface area contributed by atoms with Gasteiger partial charge in [-0.25, -0.2) is 15.0 Å². The minimum Gasteiger partial charge on any atom is -0.378 e. The zero-order valence-corrected chi connectivity index (χ0v) is 19.8. The molecule has 1 aliphatic rings. The van der Waals surface area contributed by atoms with Crippen LogP contribution in [0.15, 0.2) is 78.9 Å². The number of aromatic nitrogens is 3. The summed E-state index contributed by atoms with van der Waals surface area (Å²) in [5.74, 6) is 0.727. The van der Waals surface area contributed by atoms with Gasteiger partial charge in [0.1, 0.15) is 0 Å². The van der Waals surface area contributed by atoms with Gasteiger partial charge in [-0.1, -0.05) is 89.7 Å². The summed E-state index contributed by atoms with van der Waals surface area (Å²) in [6, 6.07) is 27.0. The Bertz CT molecular complexity index is 1440. The Morgan fingerprint density at radius 1 is 0.735 bits per heavy atom. The van der Waals surface area contributed by atoms with Crippen LogP contribution in [0.1, 0.15) is 5.56 Å². The molecule has 34 heavy (non-hydrogen) atoms. The zero-order valence-electron chi connectivity index (χ0n) is 18.9. The van der Waals surface area contributed by atoms with E-state index >= 15 is 0 Å². The number of hydrogen-bond donors (Lipinski definition) is 0. The first-order valence-electron chi connectivity index (χ1n) is 11.5. The van der Waals surface area contributed by atoms with Crippen molar-refractivity contribution in [2.75, 3.05) is 31.2 Å². The maximum Gasteiger partial charge on any atom is 0.186 e. The fraction of sp³-hybridized carbons (Fsp3) is 0.179. The number of ether oxygens (including phenoxy) is 1. The number of benzene rings is 3. The summed E-state index contributed by atoms with van der Waals surface area (Å²) < 4.78 is 5.58. The topological polar surface area (TPSA) is 51.1 Å².